The van der Waals surface area contributed by atoms with Crippen LogP contribution in [0.5, 0.6) is 0 Å². The van der Waals surface area contributed by atoms with Gasteiger partial charge in [0.2, 0.25) is 0 Å². The van der Waals surface area contributed by atoms with E-state index in [1.807, 2.05) is 13.8 Å². The van der Waals surface area contributed by atoms with Crippen LogP contribution in [0, 0.1) is 6.92 Å². The maximum absolute atomic E-state index is 12.5. The van der Waals surface area contributed by atoms with Crippen LogP contribution in [0.1, 0.15) is 19.5 Å². The van der Waals surface area contributed by atoms with E-state index in [0.29, 0.717) is 22.5 Å². The minimum absolute atomic E-state index is 0.135. The molecular weight excluding hydrogens is 316 g/mol. The number of ether oxygens (including phenoxy) is 1. The summed E-state index contributed by atoms with van der Waals surface area (Å²) < 4.78 is 11.3. The molecule has 1 saturated heterocycles. The maximum atomic E-state index is 12.5. The Morgan fingerprint density at radius 2 is 2.09 bits per heavy atom. The van der Waals surface area contributed by atoms with Crippen molar-refractivity contribution >= 4 is 21.7 Å². The Morgan fingerprint density at radius 3 is 2.78 bits per heavy atom. The molecule has 7 nitrogen and oxygen atoms in total. The van der Waals surface area contributed by atoms with E-state index < -0.39 is 6.10 Å². The van der Waals surface area contributed by atoms with Crippen molar-refractivity contribution in [1.82, 2.24) is 18.8 Å². The molecule has 23 heavy (non-hydrogen) atoms. The third-order valence-corrected chi connectivity index (χ3v) is 4.85. The van der Waals surface area contributed by atoms with Crippen LogP contribution in [-0.4, -0.2) is 61.9 Å². The van der Waals surface area contributed by atoms with Gasteiger partial charge in [0.15, 0.2) is 4.83 Å². The fourth-order valence-corrected chi connectivity index (χ4v) is 3.89. The Morgan fingerprint density at radius 1 is 1.39 bits per heavy atom. The van der Waals surface area contributed by atoms with Gasteiger partial charge in [-0.15, -0.1) is 0 Å². The van der Waals surface area contributed by atoms with E-state index in [1.54, 1.807) is 6.92 Å². The Kier molecular flexibility index (Phi) is 4.77. The number of hydrogen-bond acceptors (Lipinski definition) is 7. The average Bonchev–Trinajstić information content (AvgIpc) is 2.83. The molecule has 2 aromatic rings. The van der Waals surface area contributed by atoms with Crippen molar-refractivity contribution < 1.29 is 9.84 Å². The molecule has 126 valence electrons. The molecule has 0 bridgehead atoms. The molecule has 1 aliphatic rings. The number of aromatic nitrogens is 3. The first-order valence-electron chi connectivity index (χ1n) is 7.81. The van der Waals surface area contributed by atoms with Crippen LogP contribution in [0.2, 0.25) is 0 Å². The van der Waals surface area contributed by atoms with Crippen molar-refractivity contribution in [1.29, 1.82) is 0 Å². The van der Waals surface area contributed by atoms with Gasteiger partial charge in [-0.05, 0) is 32.3 Å². The van der Waals surface area contributed by atoms with E-state index in [1.165, 1.54) is 22.4 Å². The van der Waals surface area contributed by atoms with Crippen molar-refractivity contribution in [2.24, 2.45) is 0 Å². The molecule has 2 aromatic heterocycles. The molecule has 3 rings (SSSR count). The first-order valence-corrected chi connectivity index (χ1v) is 8.58. The van der Waals surface area contributed by atoms with Crippen molar-refractivity contribution in [3.05, 3.63) is 22.4 Å². The highest BCUT2D eigenvalue weighted by molar-refractivity contribution is 7.12. The number of aliphatic hydroxyl groups is 1. The summed E-state index contributed by atoms with van der Waals surface area (Å²) in [7, 11) is 0. The van der Waals surface area contributed by atoms with E-state index >= 15 is 0 Å². The summed E-state index contributed by atoms with van der Waals surface area (Å²) in [5.41, 5.74) is 0.561. The number of fused-ring (bicyclic) bond motifs is 1. The third-order valence-electron chi connectivity index (χ3n) is 4.01. The highest BCUT2D eigenvalue weighted by Crippen LogP contribution is 2.15. The van der Waals surface area contributed by atoms with Crippen LogP contribution < -0.4 is 5.56 Å². The van der Waals surface area contributed by atoms with Crippen LogP contribution in [0.3, 0.4) is 0 Å². The summed E-state index contributed by atoms with van der Waals surface area (Å²) in [6.45, 7) is 8.20. The summed E-state index contributed by atoms with van der Waals surface area (Å²) in [5, 5.41) is 10.9. The first kappa shape index (κ1) is 16.5. The van der Waals surface area contributed by atoms with Gasteiger partial charge in [0.1, 0.15) is 0 Å². The van der Waals surface area contributed by atoms with Gasteiger partial charge in [0, 0.05) is 19.6 Å². The van der Waals surface area contributed by atoms with Gasteiger partial charge < -0.3 is 9.84 Å². The molecule has 3 heterocycles. The maximum Gasteiger partial charge on any atom is 0.264 e. The molecular formula is C15H22N4O3S. The Bertz CT molecular complexity index is 734. The number of aryl methyl sites for hydroxylation is 1. The lowest BCUT2D eigenvalue weighted by molar-refractivity contribution is -0.0773. The quantitative estimate of drug-likeness (QED) is 0.881. The fourth-order valence-electron chi connectivity index (χ4n) is 3.16. The highest BCUT2D eigenvalue weighted by atomic mass is 32.1. The summed E-state index contributed by atoms with van der Waals surface area (Å²) in [6, 6.07) is 0. The molecule has 1 N–H and O–H groups in total. The summed E-state index contributed by atoms with van der Waals surface area (Å²) >= 11 is 1.23. The lowest BCUT2D eigenvalue weighted by Gasteiger charge is -2.36. The minimum atomic E-state index is -0.628. The molecule has 0 aliphatic carbocycles. The van der Waals surface area contributed by atoms with Crippen LogP contribution >= 0.6 is 11.5 Å². The zero-order valence-corrected chi connectivity index (χ0v) is 14.4. The normalized spacial score (nSPS) is 24.2. The van der Waals surface area contributed by atoms with Gasteiger partial charge in [0.25, 0.3) is 5.56 Å². The average molecular weight is 338 g/mol. The summed E-state index contributed by atoms with van der Waals surface area (Å²) in [6.07, 6.45) is 1.18. The molecule has 0 radical (unpaired) electrons. The van der Waals surface area contributed by atoms with E-state index in [-0.39, 0.29) is 24.3 Å². The molecule has 1 aliphatic heterocycles. The number of aliphatic hydroxyl groups excluding tert-OH is 1. The number of nitrogens with zero attached hydrogens (tertiary/aromatic N) is 4. The van der Waals surface area contributed by atoms with Gasteiger partial charge in [0.05, 0.1) is 42.3 Å². The van der Waals surface area contributed by atoms with Crippen molar-refractivity contribution in [3.8, 4) is 0 Å². The van der Waals surface area contributed by atoms with E-state index in [2.05, 4.69) is 14.3 Å². The fraction of sp³-hybridized carbons (Fsp3) is 0.667. The summed E-state index contributed by atoms with van der Waals surface area (Å²) in [4.78, 5) is 19.6. The van der Waals surface area contributed by atoms with Crippen LogP contribution in [-0.2, 0) is 11.3 Å². The number of β-amino-alcohol motifs (C(OH)–C–C–N with tert-alkyl or cyclic N) is 1. The van der Waals surface area contributed by atoms with Gasteiger partial charge in [-0.3, -0.25) is 14.3 Å². The Labute approximate surface area is 138 Å². The zero-order chi connectivity index (χ0) is 16.6. The molecule has 0 saturated carbocycles. The molecule has 0 unspecified atom stereocenters. The number of rotatable bonds is 4. The van der Waals surface area contributed by atoms with Crippen LogP contribution in [0.4, 0.5) is 0 Å². The Hall–Kier alpha value is -1.35. The predicted octanol–water partition coefficient (Wildman–Crippen LogP) is 0.632. The van der Waals surface area contributed by atoms with E-state index in [0.717, 1.165) is 13.1 Å². The largest absolute Gasteiger partial charge is 0.390 e. The molecule has 8 heteroatoms. The SMILES string of the molecule is Cc1nsc2ncn(C[C@H](O)CN3C[C@@H](C)O[C@H](C)C3)c(=O)c12. The second-order valence-corrected chi connectivity index (χ2v) is 7.03. The third kappa shape index (κ3) is 3.60. The molecule has 0 amide bonds. The molecule has 0 aromatic carbocycles. The molecule has 1 fully saturated rings. The monoisotopic (exact) mass is 338 g/mol. The highest BCUT2D eigenvalue weighted by Gasteiger charge is 2.24. The lowest BCUT2D eigenvalue weighted by atomic mass is 10.2. The number of hydrogen-bond donors (Lipinski definition) is 1. The van der Waals surface area contributed by atoms with Crippen molar-refractivity contribution in [2.75, 3.05) is 19.6 Å². The van der Waals surface area contributed by atoms with Gasteiger partial charge in [-0.2, -0.15) is 4.37 Å². The predicted molar refractivity (Wildman–Crippen MR) is 88.9 cm³/mol. The van der Waals surface area contributed by atoms with Crippen LogP contribution in [0.15, 0.2) is 11.1 Å². The Balaban J connectivity index is 1.70. The van der Waals surface area contributed by atoms with Gasteiger partial charge in [-0.25, -0.2) is 4.98 Å². The van der Waals surface area contributed by atoms with E-state index in [4.69, 9.17) is 4.74 Å². The van der Waals surface area contributed by atoms with Gasteiger partial charge >= 0.3 is 0 Å². The van der Waals surface area contributed by atoms with Gasteiger partial charge in [-0.1, -0.05) is 0 Å². The number of morpholine rings is 1. The van der Waals surface area contributed by atoms with E-state index in [9.17, 15) is 9.90 Å². The smallest absolute Gasteiger partial charge is 0.264 e. The summed E-state index contributed by atoms with van der Waals surface area (Å²) in [5.74, 6) is 0. The molecule has 3 atom stereocenters. The lowest BCUT2D eigenvalue weighted by Crippen LogP contribution is -2.48. The topological polar surface area (TPSA) is 80.5 Å². The standard InChI is InChI=1S/C15H22N4O3S/c1-9-4-18(5-10(2)22-9)6-12(20)7-19-8-16-14-13(15(19)21)11(3)17-23-14/h8-10,12,20H,4-7H2,1-3H3/t9-,10-,12-/m1/s1. The second-order valence-electron chi connectivity index (χ2n) is 6.28. The van der Waals surface area contributed by atoms with Crippen molar-refractivity contribution in [2.45, 2.75) is 45.6 Å². The first-order chi connectivity index (χ1) is 10.9. The van der Waals surface area contributed by atoms with Crippen LogP contribution in [0.25, 0.3) is 10.2 Å². The zero-order valence-electron chi connectivity index (χ0n) is 13.6. The van der Waals surface area contributed by atoms with Crippen molar-refractivity contribution in [3.63, 3.8) is 0 Å². The molecule has 0 spiro atoms. The second kappa shape index (κ2) is 6.64. The minimum Gasteiger partial charge on any atom is -0.390 e.